The van der Waals surface area contributed by atoms with Crippen LogP contribution in [0.25, 0.3) is 11.5 Å². The van der Waals surface area contributed by atoms with E-state index in [0.717, 1.165) is 35.6 Å². The van der Waals surface area contributed by atoms with Crippen LogP contribution >= 0.6 is 12.2 Å². The van der Waals surface area contributed by atoms with E-state index in [1.165, 1.54) is 0 Å². The normalized spacial score (nSPS) is 10.5. The maximum Gasteiger partial charge on any atom is 0.157 e. The van der Waals surface area contributed by atoms with Gasteiger partial charge in [-0.05, 0) is 37.1 Å². The topological polar surface area (TPSA) is 41.6 Å². The molecule has 0 atom stereocenters. The second kappa shape index (κ2) is 5.19. The fourth-order valence-corrected chi connectivity index (χ4v) is 1.93. The van der Waals surface area contributed by atoms with Crippen molar-refractivity contribution >= 4 is 12.2 Å². The van der Waals surface area contributed by atoms with Gasteiger partial charge in [0.05, 0.1) is 0 Å². The van der Waals surface area contributed by atoms with Gasteiger partial charge in [-0.1, -0.05) is 25.6 Å². The smallest absolute Gasteiger partial charge is 0.157 e. The highest BCUT2D eigenvalue weighted by Crippen LogP contribution is 2.14. The highest BCUT2D eigenvalue weighted by molar-refractivity contribution is 7.71. The lowest BCUT2D eigenvalue weighted by Gasteiger charge is -2.05. The average molecular weight is 245 g/mol. The molecule has 0 amide bonds. The maximum absolute atomic E-state index is 5.18. The summed E-state index contributed by atoms with van der Waals surface area (Å²) in [6.45, 7) is 4.18. The predicted octanol–water partition coefficient (Wildman–Crippen LogP) is 3.46. The highest BCUT2D eigenvalue weighted by atomic mass is 32.1. The minimum atomic E-state index is 0.616. The number of rotatable bonds is 3. The van der Waals surface area contributed by atoms with E-state index in [1.807, 2.05) is 25.1 Å². The van der Waals surface area contributed by atoms with Crippen LogP contribution in [0.5, 0.6) is 0 Å². The summed E-state index contributed by atoms with van der Waals surface area (Å²) in [5.41, 5.74) is 3.12. The molecule has 0 saturated carbocycles. The van der Waals surface area contributed by atoms with Crippen molar-refractivity contribution in [2.75, 3.05) is 0 Å². The van der Waals surface area contributed by atoms with Crippen LogP contribution in [0.15, 0.2) is 24.4 Å². The van der Waals surface area contributed by atoms with Crippen LogP contribution in [-0.4, -0.2) is 15.0 Å². The third-order valence-corrected chi connectivity index (χ3v) is 2.69. The molecule has 17 heavy (non-hydrogen) atoms. The Morgan fingerprint density at radius 1 is 1.35 bits per heavy atom. The monoisotopic (exact) mass is 245 g/mol. The van der Waals surface area contributed by atoms with E-state index in [9.17, 15) is 0 Å². The number of hydrogen-bond donors (Lipinski definition) is 1. The van der Waals surface area contributed by atoms with Crippen LogP contribution in [-0.2, 0) is 6.42 Å². The first-order chi connectivity index (χ1) is 8.19. The lowest BCUT2D eigenvalue weighted by Crippen LogP contribution is -1.97. The van der Waals surface area contributed by atoms with E-state index >= 15 is 0 Å². The number of aryl methyl sites for hydroxylation is 2. The summed E-state index contributed by atoms with van der Waals surface area (Å²) in [5.74, 6) is 0.754. The van der Waals surface area contributed by atoms with E-state index in [2.05, 4.69) is 21.9 Å². The molecule has 0 radical (unpaired) electrons. The summed E-state index contributed by atoms with van der Waals surface area (Å²) >= 11 is 5.18. The van der Waals surface area contributed by atoms with Crippen molar-refractivity contribution in [2.45, 2.75) is 26.7 Å². The predicted molar refractivity (Wildman–Crippen MR) is 71.4 cm³/mol. The zero-order chi connectivity index (χ0) is 12.3. The zero-order valence-corrected chi connectivity index (χ0v) is 10.8. The fourth-order valence-electron chi connectivity index (χ4n) is 1.70. The summed E-state index contributed by atoms with van der Waals surface area (Å²) in [7, 11) is 0. The van der Waals surface area contributed by atoms with Crippen LogP contribution in [0, 0.1) is 11.6 Å². The third-order valence-electron chi connectivity index (χ3n) is 2.48. The van der Waals surface area contributed by atoms with Crippen LogP contribution < -0.4 is 0 Å². The van der Waals surface area contributed by atoms with Gasteiger partial charge < -0.3 is 4.98 Å². The van der Waals surface area contributed by atoms with Gasteiger partial charge in [0, 0.05) is 11.9 Å². The third kappa shape index (κ3) is 2.97. The molecule has 0 aliphatic rings. The number of hydrogen-bond acceptors (Lipinski definition) is 3. The zero-order valence-electron chi connectivity index (χ0n) is 10.0. The second-order valence-corrected chi connectivity index (χ2v) is 4.48. The molecule has 0 aliphatic carbocycles. The van der Waals surface area contributed by atoms with Crippen LogP contribution in [0.3, 0.4) is 0 Å². The fraction of sp³-hybridized carbons (Fsp3) is 0.308. The molecule has 88 valence electrons. The lowest BCUT2D eigenvalue weighted by molar-refractivity contribution is 0.872. The molecular formula is C13H15N3S. The number of H-pyrrole nitrogens is 1. The molecule has 4 heteroatoms. The summed E-state index contributed by atoms with van der Waals surface area (Å²) < 4.78 is 0.616. The largest absolute Gasteiger partial charge is 0.342 e. The lowest BCUT2D eigenvalue weighted by atomic mass is 10.2. The van der Waals surface area contributed by atoms with E-state index in [1.54, 1.807) is 6.20 Å². The van der Waals surface area contributed by atoms with Crippen LogP contribution in [0.2, 0.25) is 0 Å². The van der Waals surface area contributed by atoms with E-state index < -0.39 is 0 Å². The minimum Gasteiger partial charge on any atom is -0.342 e. The Hall–Kier alpha value is -1.55. The van der Waals surface area contributed by atoms with Gasteiger partial charge in [0.1, 0.15) is 10.3 Å². The van der Waals surface area contributed by atoms with Gasteiger partial charge in [-0.25, -0.2) is 4.98 Å². The summed E-state index contributed by atoms with van der Waals surface area (Å²) in [6.07, 6.45) is 3.84. The molecule has 0 aromatic carbocycles. The Labute approximate surface area is 106 Å². The first-order valence-corrected chi connectivity index (χ1v) is 6.13. The van der Waals surface area contributed by atoms with Crippen molar-refractivity contribution < 1.29 is 0 Å². The molecular weight excluding hydrogens is 230 g/mol. The van der Waals surface area contributed by atoms with Gasteiger partial charge >= 0.3 is 0 Å². The Morgan fingerprint density at radius 2 is 2.18 bits per heavy atom. The molecule has 0 bridgehead atoms. The molecule has 1 N–H and O–H groups in total. The first-order valence-electron chi connectivity index (χ1n) is 5.72. The highest BCUT2D eigenvalue weighted by Gasteiger charge is 2.03. The quantitative estimate of drug-likeness (QED) is 0.842. The number of pyridine rings is 1. The number of nitrogens with one attached hydrogen (secondary N) is 1. The maximum atomic E-state index is 5.18. The van der Waals surface area contributed by atoms with E-state index in [0.29, 0.717) is 4.64 Å². The summed E-state index contributed by atoms with van der Waals surface area (Å²) in [4.78, 5) is 11.9. The molecule has 2 aromatic heterocycles. The van der Waals surface area contributed by atoms with Crippen molar-refractivity contribution in [1.29, 1.82) is 0 Å². The van der Waals surface area contributed by atoms with Crippen LogP contribution in [0.4, 0.5) is 0 Å². The number of nitrogens with zero attached hydrogens (tertiary/aromatic N) is 2. The van der Waals surface area contributed by atoms with Gasteiger partial charge in [-0.15, -0.1) is 0 Å². The molecule has 2 heterocycles. The number of aromatic amines is 1. The van der Waals surface area contributed by atoms with E-state index in [4.69, 9.17) is 12.2 Å². The molecule has 0 saturated heterocycles. The van der Waals surface area contributed by atoms with Crippen LogP contribution in [0.1, 0.15) is 24.6 Å². The molecule has 0 unspecified atom stereocenters. The van der Waals surface area contributed by atoms with E-state index in [-0.39, 0.29) is 0 Å². The molecule has 0 spiro atoms. The Bertz CT molecular complexity index is 575. The number of aromatic nitrogens is 3. The minimum absolute atomic E-state index is 0.616. The SMILES string of the molecule is CCCc1cc(=S)nc(-c2cc(C)ccn2)[nH]1. The summed E-state index contributed by atoms with van der Waals surface area (Å²) in [6, 6.07) is 5.88. The Kier molecular flexibility index (Phi) is 3.64. The second-order valence-electron chi connectivity index (χ2n) is 4.06. The summed E-state index contributed by atoms with van der Waals surface area (Å²) in [5, 5.41) is 0. The van der Waals surface area contributed by atoms with Gasteiger partial charge in [0.25, 0.3) is 0 Å². The molecule has 0 aliphatic heterocycles. The van der Waals surface area contributed by atoms with Gasteiger partial charge in [-0.3, -0.25) is 4.98 Å². The van der Waals surface area contributed by atoms with Gasteiger partial charge in [0.15, 0.2) is 5.82 Å². The van der Waals surface area contributed by atoms with Gasteiger partial charge in [-0.2, -0.15) is 0 Å². The Balaban J connectivity index is 2.48. The average Bonchev–Trinajstić information content (AvgIpc) is 2.28. The van der Waals surface area contributed by atoms with Crippen molar-refractivity contribution in [3.05, 3.63) is 40.3 Å². The molecule has 0 fully saturated rings. The standard InChI is InChI=1S/C13H15N3S/c1-3-4-10-8-12(17)16-13(15-10)11-7-9(2)5-6-14-11/h5-8H,3-4H2,1-2H3,(H,15,16,17). The van der Waals surface area contributed by atoms with Crippen molar-refractivity contribution in [2.24, 2.45) is 0 Å². The molecule has 3 nitrogen and oxygen atoms in total. The molecule has 2 rings (SSSR count). The van der Waals surface area contributed by atoms with Gasteiger partial charge in [0.2, 0.25) is 0 Å². The van der Waals surface area contributed by atoms with Crippen molar-refractivity contribution in [1.82, 2.24) is 15.0 Å². The first kappa shape index (κ1) is 11.9. The van der Waals surface area contributed by atoms with Crippen molar-refractivity contribution in [3.8, 4) is 11.5 Å². The molecule has 2 aromatic rings. The van der Waals surface area contributed by atoms with Crippen molar-refractivity contribution in [3.63, 3.8) is 0 Å². The Morgan fingerprint density at radius 3 is 2.88 bits per heavy atom.